The molecule has 0 aliphatic carbocycles. The van der Waals surface area contributed by atoms with Crippen LogP contribution < -0.4 is 11.1 Å². The van der Waals surface area contributed by atoms with E-state index in [4.69, 9.17) is 10.8 Å². The first kappa shape index (κ1) is 15.5. The van der Waals surface area contributed by atoms with Crippen LogP contribution in [0, 0.1) is 0 Å². The molecule has 0 bridgehead atoms. The lowest BCUT2D eigenvalue weighted by molar-refractivity contribution is 0.0915. The van der Waals surface area contributed by atoms with Crippen LogP contribution in [0.25, 0.3) is 0 Å². The highest BCUT2D eigenvalue weighted by atomic mass is 32.2. The first-order valence-electron chi connectivity index (χ1n) is 5.80. The number of carbonyl (C=O) groups is 1. The predicted octanol–water partition coefficient (Wildman–Crippen LogP) is 0.173. The highest BCUT2D eigenvalue weighted by Crippen LogP contribution is 2.17. The Morgan fingerprint density at radius 1 is 1.42 bits per heavy atom. The summed E-state index contributed by atoms with van der Waals surface area (Å²) < 4.78 is 22.9. The Bertz CT molecular complexity index is 565. The van der Waals surface area contributed by atoms with E-state index in [-0.39, 0.29) is 28.8 Å². The predicted molar refractivity (Wildman–Crippen MR) is 72.6 cm³/mol. The van der Waals surface area contributed by atoms with Crippen molar-refractivity contribution in [3.05, 3.63) is 23.8 Å². The van der Waals surface area contributed by atoms with Crippen molar-refractivity contribution in [2.45, 2.75) is 24.3 Å². The molecule has 0 spiro atoms. The molecule has 0 radical (unpaired) electrons. The van der Waals surface area contributed by atoms with Gasteiger partial charge in [-0.15, -0.1) is 0 Å². The maximum absolute atomic E-state index is 11.9. The number of rotatable bonds is 5. The van der Waals surface area contributed by atoms with Gasteiger partial charge in [0.15, 0.2) is 9.84 Å². The minimum absolute atomic E-state index is 0.00491. The third kappa shape index (κ3) is 4.22. The maximum atomic E-state index is 11.9. The second-order valence-corrected chi connectivity index (χ2v) is 6.34. The number of aliphatic hydroxyl groups is 1. The molecule has 1 rings (SSSR count). The smallest absolute Gasteiger partial charge is 0.251 e. The fourth-order valence-electron chi connectivity index (χ4n) is 1.51. The van der Waals surface area contributed by atoms with Crippen molar-refractivity contribution in [3.63, 3.8) is 0 Å². The van der Waals surface area contributed by atoms with E-state index >= 15 is 0 Å². The molecule has 19 heavy (non-hydrogen) atoms. The quantitative estimate of drug-likeness (QED) is 0.669. The number of hydrogen-bond acceptors (Lipinski definition) is 5. The Labute approximate surface area is 112 Å². The van der Waals surface area contributed by atoms with Crippen LogP contribution >= 0.6 is 0 Å². The van der Waals surface area contributed by atoms with Crippen LogP contribution in [-0.4, -0.2) is 38.3 Å². The third-order valence-electron chi connectivity index (χ3n) is 2.67. The summed E-state index contributed by atoms with van der Waals surface area (Å²) >= 11 is 0. The third-order valence-corrected chi connectivity index (χ3v) is 3.76. The molecular weight excluding hydrogens is 268 g/mol. The summed E-state index contributed by atoms with van der Waals surface area (Å²) in [7, 11) is -3.43. The standard InChI is InChI=1S/C12H18N2O4S/c1-3-10(7-15)14-12(16)8-4-9(13)6-11(5-8)19(2,17)18/h4-6,10,15H,3,7,13H2,1-2H3,(H,14,16)/t10-/m0/s1. The van der Waals surface area contributed by atoms with Crippen LogP contribution in [0.4, 0.5) is 5.69 Å². The number of hydrogen-bond donors (Lipinski definition) is 3. The van der Waals surface area contributed by atoms with Gasteiger partial charge in [0, 0.05) is 17.5 Å². The Hall–Kier alpha value is -1.60. The van der Waals surface area contributed by atoms with Gasteiger partial charge in [0.05, 0.1) is 17.5 Å². The fraction of sp³-hybridized carbons (Fsp3) is 0.417. The SMILES string of the molecule is CC[C@@H](CO)NC(=O)c1cc(N)cc(S(C)(=O)=O)c1. The molecule has 1 aromatic carbocycles. The average molecular weight is 286 g/mol. The van der Waals surface area contributed by atoms with Gasteiger partial charge in [0.2, 0.25) is 0 Å². The zero-order valence-electron chi connectivity index (χ0n) is 10.9. The monoisotopic (exact) mass is 286 g/mol. The largest absolute Gasteiger partial charge is 0.399 e. The molecule has 6 nitrogen and oxygen atoms in total. The molecule has 0 fully saturated rings. The molecule has 0 heterocycles. The van der Waals surface area contributed by atoms with E-state index in [2.05, 4.69) is 5.32 Å². The first-order chi connectivity index (χ1) is 8.77. The Morgan fingerprint density at radius 2 is 2.05 bits per heavy atom. The Morgan fingerprint density at radius 3 is 2.53 bits per heavy atom. The second kappa shape index (κ2) is 6.03. The highest BCUT2D eigenvalue weighted by molar-refractivity contribution is 7.90. The molecule has 1 aromatic rings. The lowest BCUT2D eigenvalue weighted by Crippen LogP contribution is -2.37. The van der Waals surface area contributed by atoms with Crippen molar-refractivity contribution in [3.8, 4) is 0 Å². The summed E-state index contributed by atoms with van der Waals surface area (Å²) in [5.41, 5.74) is 5.95. The molecule has 1 amide bonds. The van der Waals surface area contributed by atoms with Crippen molar-refractivity contribution in [1.82, 2.24) is 5.32 Å². The Balaban J connectivity index is 3.08. The van der Waals surface area contributed by atoms with Crippen LogP contribution in [0.15, 0.2) is 23.1 Å². The van der Waals surface area contributed by atoms with Gasteiger partial charge in [-0.25, -0.2) is 8.42 Å². The number of carbonyl (C=O) groups excluding carboxylic acids is 1. The van der Waals surface area contributed by atoms with Crippen LogP contribution in [0.1, 0.15) is 23.7 Å². The molecule has 0 saturated heterocycles. The van der Waals surface area contributed by atoms with Crippen LogP contribution in [0.2, 0.25) is 0 Å². The zero-order chi connectivity index (χ0) is 14.6. The lowest BCUT2D eigenvalue weighted by Gasteiger charge is -2.14. The van der Waals surface area contributed by atoms with E-state index in [0.29, 0.717) is 6.42 Å². The van der Waals surface area contributed by atoms with E-state index < -0.39 is 15.7 Å². The molecule has 106 valence electrons. The molecule has 0 saturated carbocycles. The second-order valence-electron chi connectivity index (χ2n) is 4.32. The number of nitrogen functional groups attached to an aromatic ring is 1. The molecular formula is C12H18N2O4S. The van der Waals surface area contributed by atoms with Crippen LogP contribution in [0.5, 0.6) is 0 Å². The van der Waals surface area contributed by atoms with Gasteiger partial charge in [-0.2, -0.15) is 0 Å². The number of nitrogens with one attached hydrogen (secondary N) is 1. The summed E-state index contributed by atoms with van der Waals surface area (Å²) in [6.45, 7) is 1.64. The van der Waals surface area contributed by atoms with Crippen LogP contribution in [-0.2, 0) is 9.84 Å². The summed E-state index contributed by atoms with van der Waals surface area (Å²) in [5, 5.41) is 11.6. The van der Waals surface area contributed by atoms with Crippen molar-refractivity contribution in [1.29, 1.82) is 0 Å². The summed E-state index contributed by atoms with van der Waals surface area (Å²) in [6, 6.07) is 3.60. The van der Waals surface area contributed by atoms with Crippen molar-refractivity contribution >= 4 is 21.4 Å². The number of aliphatic hydroxyl groups excluding tert-OH is 1. The van der Waals surface area contributed by atoms with Crippen molar-refractivity contribution in [2.24, 2.45) is 0 Å². The molecule has 0 unspecified atom stereocenters. The number of sulfone groups is 1. The van der Waals surface area contributed by atoms with E-state index in [0.717, 1.165) is 6.26 Å². The number of amides is 1. The highest BCUT2D eigenvalue weighted by Gasteiger charge is 2.15. The molecule has 1 atom stereocenters. The minimum atomic E-state index is -3.43. The zero-order valence-corrected chi connectivity index (χ0v) is 11.7. The van der Waals surface area contributed by atoms with Crippen LogP contribution in [0.3, 0.4) is 0 Å². The van der Waals surface area contributed by atoms with Gasteiger partial charge in [0.1, 0.15) is 0 Å². The van der Waals surface area contributed by atoms with E-state index in [1.54, 1.807) is 0 Å². The number of anilines is 1. The van der Waals surface area contributed by atoms with E-state index in [9.17, 15) is 13.2 Å². The minimum Gasteiger partial charge on any atom is -0.399 e. The fourth-order valence-corrected chi connectivity index (χ4v) is 2.20. The van der Waals surface area contributed by atoms with E-state index in [1.807, 2.05) is 6.92 Å². The summed E-state index contributed by atoms with van der Waals surface area (Å²) in [5.74, 6) is -0.460. The maximum Gasteiger partial charge on any atom is 0.251 e. The normalized spacial score (nSPS) is 13.0. The lowest BCUT2D eigenvalue weighted by atomic mass is 10.1. The van der Waals surface area contributed by atoms with Gasteiger partial charge in [-0.05, 0) is 24.6 Å². The van der Waals surface area contributed by atoms with Gasteiger partial charge in [-0.1, -0.05) is 6.92 Å². The average Bonchev–Trinajstić information content (AvgIpc) is 2.33. The first-order valence-corrected chi connectivity index (χ1v) is 7.69. The molecule has 4 N–H and O–H groups in total. The van der Waals surface area contributed by atoms with Crippen molar-refractivity contribution < 1.29 is 18.3 Å². The number of nitrogens with two attached hydrogens (primary N) is 1. The molecule has 0 aliphatic rings. The van der Waals surface area contributed by atoms with Gasteiger partial charge >= 0.3 is 0 Å². The van der Waals surface area contributed by atoms with Crippen molar-refractivity contribution in [2.75, 3.05) is 18.6 Å². The topological polar surface area (TPSA) is 109 Å². The van der Waals surface area contributed by atoms with Gasteiger partial charge in [0.25, 0.3) is 5.91 Å². The number of benzene rings is 1. The molecule has 7 heteroatoms. The van der Waals surface area contributed by atoms with E-state index in [1.165, 1.54) is 18.2 Å². The molecule has 0 aliphatic heterocycles. The Kier molecular flexibility index (Phi) is 4.90. The summed E-state index contributed by atoms with van der Waals surface area (Å²) in [6.07, 6.45) is 1.62. The molecule has 0 aromatic heterocycles. The van der Waals surface area contributed by atoms with Gasteiger partial charge in [-0.3, -0.25) is 4.79 Å². The summed E-state index contributed by atoms with van der Waals surface area (Å²) in [4.78, 5) is 11.9. The van der Waals surface area contributed by atoms with Gasteiger partial charge < -0.3 is 16.2 Å².